The Hall–Kier alpha value is -0.200. The summed E-state index contributed by atoms with van der Waals surface area (Å²) in [5.74, 6) is 0. The van der Waals surface area contributed by atoms with E-state index in [1.54, 1.807) is 0 Å². The van der Waals surface area contributed by atoms with Crippen LogP contribution in [0.25, 0.3) is 0 Å². The van der Waals surface area contributed by atoms with Gasteiger partial charge in [0.1, 0.15) is 0 Å². The van der Waals surface area contributed by atoms with Crippen LogP contribution in [-0.4, -0.2) is 48.6 Å². The summed E-state index contributed by atoms with van der Waals surface area (Å²) >= 11 is 0. The molecule has 0 saturated heterocycles. The third kappa shape index (κ3) is 13.5. The minimum absolute atomic E-state index is 0.187. The fraction of sp³-hybridized carbons (Fsp3) is 1.00. The van der Waals surface area contributed by atoms with E-state index in [-0.39, 0.29) is 22.3 Å². The minimum Gasteiger partial charge on any atom is -0.374 e. The van der Waals surface area contributed by atoms with Crippen molar-refractivity contribution in [2.75, 3.05) is 26.3 Å². The fourth-order valence-corrected chi connectivity index (χ4v) is 1.66. The van der Waals surface area contributed by atoms with Crippen LogP contribution in [0.4, 0.5) is 0 Å². The van der Waals surface area contributed by atoms with Crippen molar-refractivity contribution >= 4 is 0 Å². The second-order valence-corrected chi connectivity index (χ2v) is 9.00. The van der Waals surface area contributed by atoms with E-state index in [4.69, 9.17) is 20.9 Å². The maximum atomic E-state index is 5.96. The Kier molecular flexibility index (Phi) is 7.99. The lowest BCUT2D eigenvalue weighted by Crippen LogP contribution is -2.46. The van der Waals surface area contributed by atoms with E-state index in [0.717, 1.165) is 19.5 Å². The van der Waals surface area contributed by atoms with Crippen molar-refractivity contribution in [3.63, 3.8) is 0 Å². The van der Waals surface area contributed by atoms with Gasteiger partial charge in [-0.05, 0) is 68.4 Å². The molecule has 0 aliphatic carbocycles. The average Bonchev–Trinajstić information content (AvgIpc) is 2.29. The monoisotopic (exact) mass is 317 g/mol. The summed E-state index contributed by atoms with van der Waals surface area (Å²) < 4.78 is 11.8. The molecule has 0 aliphatic rings. The first kappa shape index (κ1) is 21.8. The van der Waals surface area contributed by atoms with Crippen LogP contribution in [0.1, 0.15) is 61.8 Å². The summed E-state index contributed by atoms with van der Waals surface area (Å²) in [5.41, 5.74) is 10.9. The molecule has 0 heterocycles. The Balaban J connectivity index is 3.99. The molecule has 0 aromatic rings. The lowest BCUT2D eigenvalue weighted by atomic mass is 10.0. The van der Waals surface area contributed by atoms with E-state index in [0.29, 0.717) is 13.2 Å². The highest BCUT2D eigenvalue weighted by Gasteiger charge is 2.24. The van der Waals surface area contributed by atoms with Gasteiger partial charge in [0.25, 0.3) is 0 Å². The standard InChI is InChI=1S/C17H39N3O2/c1-14(2,18)12-21-16(5,6)9-10-20-11-17(7,8)22-13-15(3,4)19/h20H,9-13,18-19H2,1-8H3. The topological polar surface area (TPSA) is 82.5 Å². The van der Waals surface area contributed by atoms with Crippen LogP contribution >= 0.6 is 0 Å². The van der Waals surface area contributed by atoms with Gasteiger partial charge in [-0.2, -0.15) is 0 Å². The molecule has 0 rings (SSSR count). The van der Waals surface area contributed by atoms with E-state index in [1.165, 1.54) is 0 Å². The van der Waals surface area contributed by atoms with E-state index >= 15 is 0 Å². The normalized spacial score (nSPS) is 14.5. The average molecular weight is 318 g/mol. The molecular formula is C17H39N3O2. The van der Waals surface area contributed by atoms with Crippen LogP contribution in [0.5, 0.6) is 0 Å². The largest absolute Gasteiger partial charge is 0.374 e. The van der Waals surface area contributed by atoms with Crippen molar-refractivity contribution in [1.29, 1.82) is 0 Å². The number of hydrogen-bond donors (Lipinski definition) is 3. The van der Waals surface area contributed by atoms with Gasteiger partial charge in [0.15, 0.2) is 0 Å². The van der Waals surface area contributed by atoms with Gasteiger partial charge in [-0.15, -0.1) is 0 Å². The molecule has 5 N–H and O–H groups in total. The lowest BCUT2D eigenvalue weighted by molar-refractivity contribution is -0.0469. The third-order valence-corrected chi connectivity index (χ3v) is 3.12. The maximum absolute atomic E-state index is 5.96. The lowest BCUT2D eigenvalue weighted by Gasteiger charge is -2.32. The third-order valence-electron chi connectivity index (χ3n) is 3.12. The Bertz CT molecular complexity index is 283. The second-order valence-electron chi connectivity index (χ2n) is 9.00. The van der Waals surface area contributed by atoms with Gasteiger partial charge >= 0.3 is 0 Å². The van der Waals surface area contributed by atoms with Gasteiger partial charge in [0.05, 0.1) is 24.4 Å². The predicted molar refractivity (Wildman–Crippen MR) is 94.1 cm³/mol. The summed E-state index contributed by atoms with van der Waals surface area (Å²) in [6.45, 7) is 19.0. The number of rotatable bonds is 11. The van der Waals surface area contributed by atoms with Gasteiger partial charge in [0, 0.05) is 17.6 Å². The molecule has 134 valence electrons. The van der Waals surface area contributed by atoms with Crippen molar-refractivity contribution in [3.05, 3.63) is 0 Å². The summed E-state index contributed by atoms with van der Waals surface area (Å²) in [7, 11) is 0. The van der Waals surface area contributed by atoms with Crippen molar-refractivity contribution in [1.82, 2.24) is 5.32 Å². The molecule has 5 heteroatoms. The Morgan fingerprint density at radius 1 is 0.727 bits per heavy atom. The molecule has 0 aromatic carbocycles. The second kappa shape index (κ2) is 8.06. The first-order valence-electron chi connectivity index (χ1n) is 8.18. The van der Waals surface area contributed by atoms with E-state index < -0.39 is 0 Å². The molecule has 0 saturated carbocycles. The quantitative estimate of drug-likeness (QED) is 0.508. The SMILES string of the molecule is CC(C)(N)COC(C)(C)CCNCC(C)(C)OCC(C)(C)N. The Morgan fingerprint density at radius 3 is 1.55 bits per heavy atom. The molecule has 0 aromatic heterocycles. The molecule has 5 nitrogen and oxygen atoms in total. The molecule has 0 unspecified atom stereocenters. The summed E-state index contributed by atoms with van der Waals surface area (Å²) in [5, 5.41) is 3.44. The predicted octanol–water partition coefficient (Wildman–Crippen LogP) is 2.03. The van der Waals surface area contributed by atoms with Gasteiger partial charge in [-0.25, -0.2) is 0 Å². The van der Waals surface area contributed by atoms with Crippen LogP contribution in [-0.2, 0) is 9.47 Å². The van der Waals surface area contributed by atoms with Crippen LogP contribution in [0.2, 0.25) is 0 Å². The van der Waals surface area contributed by atoms with Crippen LogP contribution < -0.4 is 16.8 Å². The summed E-state index contributed by atoms with van der Waals surface area (Å²) in [6.07, 6.45) is 0.918. The zero-order valence-corrected chi connectivity index (χ0v) is 16.0. The number of ether oxygens (including phenoxy) is 2. The minimum atomic E-state index is -0.303. The summed E-state index contributed by atoms with van der Waals surface area (Å²) in [4.78, 5) is 0. The number of hydrogen-bond acceptors (Lipinski definition) is 5. The molecule has 0 amide bonds. The molecule has 0 atom stereocenters. The van der Waals surface area contributed by atoms with Gasteiger partial charge < -0.3 is 26.3 Å². The molecule has 0 fully saturated rings. The van der Waals surface area contributed by atoms with Gasteiger partial charge in [0.2, 0.25) is 0 Å². The first-order valence-corrected chi connectivity index (χ1v) is 8.18. The molecule has 0 aliphatic heterocycles. The molecule has 0 radical (unpaired) electrons. The van der Waals surface area contributed by atoms with Crippen molar-refractivity contribution in [2.24, 2.45) is 11.5 Å². The molecule has 0 spiro atoms. The summed E-state index contributed by atoms with van der Waals surface area (Å²) in [6, 6.07) is 0. The molecular weight excluding hydrogens is 278 g/mol. The van der Waals surface area contributed by atoms with Gasteiger partial charge in [-0.3, -0.25) is 0 Å². The van der Waals surface area contributed by atoms with E-state index in [1.807, 2.05) is 27.7 Å². The molecule has 22 heavy (non-hydrogen) atoms. The highest BCUT2D eigenvalue weighted by Crippen LogP contribution is 2.16. The zero-order chi connectivity index (χ0) is 17.7. The van der Waals surface area contributed by atoms with Crippen LogP contribution in [0.3, 0.4) is 0 Å². The van der Waals surface area contributed by atoms with E-state index in [9.17, 15) is 0 Å². The first-order chi connectivity index (χ1) is 9.62. The highest BCUT2D eigenvalue weighted by atomic mass is 16.5. The number of nitrogens with two attached hydrogens (primary N) is 2. The molecule has 0 bridgehead atoms. The van der Waals surface area contributed by atoms with E-state index in [2.05, 4.69) is 33.0 Å². The van der Waals surface area contributed by atoms with Crippen molar-refractivity contribution in [3.8, 4) is 0 Å². The zero-order valence-electron chi connectivity index (χ0n) is 16.0. The van der Waals surface area contributed by atoms with Gasteiger partial charge in [-0.1, -0.05) is 0 Å². The smallest absolute Gasteiger partial charge is 0.0751 e. The highest BCUT2D eigenvalue weighted by molar-refractivity contribution is 4.79. The number of nitrogens with one attached hydrogen (secondary N) is 1. The van der Waals surface area contributed by atoms with Crippen molar-refractivity contribution in [2.45, 2.75) is 84.1 Å². The van der Waals surface area contributed by atoms with Crippen molar-refractivity contribution < 1.29 is 9.47 Å². The Labute approximate surface area is 137 Å². The Morgan fingerprint density at radius 2 is 1.14 bits per heavy atom. The van der Waals surface area contributed by atoms with Crippen LogP contribution in [0.15, 0.2) is 0 Å². The maximum Gasteiger partial charge on any atom is 0.0751 e. The van der Waals surface area contributed by atoms with Crippen LogP contribution in [0, 0.1) is 0 Å². The fourth-order valence-electron chi connectivity index (χ4n) is 1.66.